The largest absolute Gasteiger partial charge is 0.469 e. The van der Waals surface area contributed by atoms with Gasteiger partial charge in [0, 0.05) is 10.8 Å². The summed E-state index contributed by atoms with van der Waals surface area (Å²) in [5, 5.41) is 10.6. The van der Waals surface area contributed by atoms with Crippen molar-refractivity contribution in [3.63, 3.8) is 0 Å². The molecule has 0 aliphatic carbocycles. The van der Waals surface area contributed by atoms with Crippen LogP contribution in [0.2, 0.25) is 0 Å². The fourth-order valence-electron chi connectivity index (χ4n) is 2.10. The molecule has 0 aromatic rings. The van der Waals surface area contributed by atoms with E-state index < -0.39 is 0 Å². The van der Waals surface area contributed by atoms with Gasteiger partial charge in [-0.15, -0.1) is 0 Å². The van der Waals surface area contributed by atoms with Gasteiger partial charge in [0.25, 0.3) is 0 Å². The van der Waals surface area contributed by atoms with Crippen LogP contribution in [-0.2, 0) is 9.53 Å². The summed E-state index contributed by atoms with van der Waals surface area (Å²) in [6, 6.07) is 0. The third kappa shape index (κ3) is 14.8. The summed E-state index contributed by atoms with van der Waals surface area (Å²) in [6.45, 7) is 10.0. The highest BCUT2D eigenvalue weighted by molar-refractivity contribution is 5.69. The molecule has 5 nitrogen and oxygen atoms in total. The predicted molar refractivity (Wildman–Crippen MR) is 85.8 cm³/mol. The third-order valence-corrected chi connectivity index (χ3v) is 3.04. The fourth-order valence-corrected chi connectivity index (χ4v) is 2.10. The van der Waals surface area contributed by atoms with Crippen molar-refractivity contribution in [1.29, 1.82) is 0 Å². The Hall–Kier alpha value is -1.39. The quantitative estimate of drug-likeness (QED) is 0.276. The molecule has 124 valence electrons. The zero-order valence-electron chi connectivity index (χ0n) is 14.3. The van der Waals surface area contributed by atoms with Crippen LogP contribution in [-0.4, -0.2) is 24.5 Å². The zero-order chi connectivity index (χ0) is 16.8. The summed E-state index contributed by atoms with van der Waals surface area (Å²) in [4.78, 5) is 21.5. The van der Waals surface area contributed by atoms with Crippen molar-refractivity contribution in [2.45, 2.75) is 60.3 Å². The number of hydrogen-bond donors (Lipinski definition) is 0. The summed E-state index contributed by atoms with van der Waals surface area (Å²) < 4.78 is 4.59. The lowest BCUT2D eigenvalue weighted by Gasteiger charge is -2.16. The molecule has 0 aromatic heterocycles. The molecule has 0 rings (SSSR count). The molecule has 0 amide bonds. The van der Waals surface area contributed by atoms with E-state index >= 15 is 0 Å². The van der Waals surface area contributed by atoms with Gasteiger partial charge >= 0.3 is 5.97 Å². The van der Waals surface area contributed by atoms with E-state index in [1.165, 1.54) is 12.7 Å². The van der Waals surface area contributed by atoms with Gasteiger partial charge in [-0.25, -0.2) is 0 Å². The van der Waals surface area contributed by atoms with Crippen molar-refractivity contribution in [3.8, 4) is 0 Å². The number of rotatable bonds is 9. The highest BCUT2D eigenvalue weighted by atomic mass is 16.6. The normalized spacial score (nSPS) is 12.5. The molecule has 0 radical (unpaired) electrons. The minimum atomic E-state index is -0.372. The number of nitro groups is 1. The molecule has 0 saturated heterocycles. The first-order valence-corrected chi connectivity index (χ1v) is 7.67. The zero-order valence-corrected chi connectivity index (χ0v) is 14.3. The molecular weight excluding hydrogens is 270 g/mol. The van der Waals surface area contributed by atoms with E-state index in [2.05, 4.69) is 31.6 Å². The Labute approximate surface area is 128 Å². The van der Waals surface area contributed by atoms with E-state index in [0.29, 0.717) is 12.3 Å². The summed E-state index contributed by atoms with van der Waals surface area (Å²) in [6.07, 6.45) is 4.95. The Bertz CT molecular complexity index is 322. The molecule has 5 heteroatoms. The lowest BCUT2D eigenvalue weighted by atomic mass is 9.90. The molecular formula is C16H31NO4. The topological polar surface area (TPSA) is 69.4 Å². The molecule has 0 saturated carbocycles. The van der Waals surface area contributed by atoms with Crippen LogP contribution in [0.5, 0.6) is 0 Å². The Morgan fingerprint density at radius 1 is 1.33 bits per heavy atom. The maximum atomic E-state index is 11.2. The van der Waals surface area contributed by atoms with Crippen molar-refractivity contribution in [2.24, 2.45) is 11.8 Å². The molecule has 21 heavy (non-hydrogen) atoms. The van der Waals surface area contributed by atoms with Gasteiger partial charge in [0.1, 0.15) is 0 Å². The number of allylic oxidation sites excluding steroid dienone is 2. The number of esters is 1. The Morgan fingerprint density at radius 3 is 2.33 bits per heavy atom. The van der Waals surface area contributed by atoms with E-state index in [9.17, 15) is 14.9 Å². The molecule has 0 aliphatic heterocycles. The molecule has 0 aromatic carbocycles. The Balaban J connectivity index is 0. The molecule has 0 N–H and O–H groups in total. The second-order valence-electron chi connectivity index (χ2n) is 5.36. The van der Waals surface area contributed by atoms with Crippen LogP contribution in [0, 0.1) is 22.0 Å². The van der Waals surface area contributed by atoms with E-state index in [0.717, 1.165) is 12.8 Å². The summed E-state index contributed by atoms with van der Waals surface area (Å²) >= 11 is 0. The maximum absolute atomic E-state index is 11.2. The lowest BCUT2D eigenvalue weighted by Crippen LogP contribution is -2.21. The van der Waals surface area contributed by atoms with Gasteiger partial charge in [-0.05, 0) is 39.0 Å². The highest BCUT2D eigenvalue weighted by Gasteiger charge is 2.22. The smallest absolute Gasteiger partial charge is 0.306 e. The Morgan fingerprint density at radius 2 is 1.90 bits per heavy atom. The van der Waals surface area contributed by atoms with Gasteiger partial charge < -0.3 is 4.74 Å². The minimum absolute atomic E-state index is 0.129. The van der Waals surface area contributed by atoms with Crippen LogP contribution in [0.1, 0.15) is 60.3 Å². The number of carbonyl (C=O) groups excluding carboxylic acids is 1. The first kappa shape index (κ1) is 21.9. The van der Waals surface area contributed by atoms with Crippen molar-refractivity contribution < 1.29 is 14.5 Å². The molecule has 0 heterocycles. The van der Waals surface area contributed by atoms with Gasteiger partial charge in [-0.3, -0.25) is 14.9 Å². The van der Waals surface area contributed by atoms with Gasteiger partial charge in [0.05, 0.1) is 13.5 Å². The number of methoxy groups -OCH3 is 1. The molecule has 2 atom stereocenters. The second kappa shape index (κ2) is 13.6. The van der Waals surface area contributed by atoms with Crippen molar-refractivity contribution in [3.05, 3.63) is 21.8 Å². The first-order chi connectivity index (χ1) is 9.85. The Kier molecular flexibility index (Phi) is 14.2. The molecule has 0 bridgehead atoms. The average Bonchev–Trinajstić information content (AvgIpc) is 2.39. The standard InChI is InChI=1S/C14H25NO4.C2H6/c1-11(2)6-5-7-12(3)8-13(10-15(17)18)9-14(16)19-4;1-2/h6,12-13H,5,7-10H2,1-4H3;1-2H3/t12-,13?;/m0./s1. The summed E-state index contributed by atoms with van der Waals surface area (Å²) in [5.41, 5.74) is 1.28. The number of nitrogens with zero attached hydrogens (tertiary/aromatic N) is 1. The number of hydrogen-bond acceptors (Lipinski definition) is 4. The van der Waals surface area contributed by atoms with Crippen LogP contribution in [0.25, 0.3) is 0 Å². The molecule has 0 spiro atoms. The highest BCUT2D eigenvalue weighted by Crippen LogP contribution is 2.21. The van der Waals surface area contributed by atoms with E-state index in [1.54, 1.807) is 0 Å². The van der Waals surface area contributed by atoms with Gasteiger partial charge in [-0.2, -0.15) is 0 Å². The second-order valence-corrected chi connectivity index (χ2v) is 5.36. The third-order valence-electron chi connectivity index (χ3n) is 3.04. The SMILES string of the molecule is CC.COC(=O)CC(C[C@@H](C)CCC=C(C)C)C[N+](=O)[O-]. The summed E-state index contributed by atoms with van der Waals surface area (Å²) in [7, 11) is 1.31. The monoisotopic (exact) mass is 301 g/mol. The van der Waals surface area contributed by atoms with Crippen LogP contribution >= 0.6 is 0 Å². The number of ether oxygens (including phenoxy) is 1. The lowest BCUT2D eigenvalue weighted by molar-refractivity contribution is -0.488. The van der Waals surface area contributed by atoms with E-state index in [1.807, 2.05) is 13.8 Å². The van der Waals surface area contributed by atoms with Gasteiger partial charge in [0.15, 0.2) is 0 Å². The number of carbonyl (C=O) groups is 1. The van der Waals surface area contributed by atoms with E-state index in [-0.39, 0.29) is 29.8 Å². The molecule has 0 fully saturated rings. The van der Waals surface area contributed by atoms with E-state index in [4.69, 9.17) is 0 Å². The molecule has 0 aliphatic rings. The van der Waals surface area contributed by atoms with Crippen molar-refractivity contribution in [1.82, 2.24) is 0 Å². The predicted octanol–water partition coefficient (Wildman–Crippen LogP) is 4.24. The minimum Gasteiger partial charge on any atom is -0.469 e. The average molecular weight is 301 g/mol. The van der Waals surface area contributed by atoms with Crippen molar-refractivity contribution in [2.75, 3.05) is 13.7 Å². The van der Waals surface area contributed by atoms with Gasteiger partial charge in [0.2, 0.25) is 6.54 Å². The van der Waals surface area contributed by atoms with Crippen LogP contribution in [0.4, 0.5) is 0 Å². The van der Waals surface area contributed by atoms with Gasteiger partial charge in [-0.1, -0.05) is 32.4 Å². The fraction of sp³-hybridized carbons (Fsp3) is 0.812. The van der Waals surface area contributed by atoms with Crippen LogP contribution in [0.15, 0.2) is 11.6 Å². The van der Waals surface area contributed by atoms with Crippen LogP contribution < -0.4 is 0 Å². The maximum Gasteiger partial charge on any atom is 0.306 e. The first-order valence-electron chi connectivity index (χ1n) is 7.67. The van der Waals surface area contributed by atoms with Crippen LogP contribution in [0.3, 0.4) is 0 Å². The van der Waals surface area contributed by atoms with Crippen molar-refractivity contribution >= 4 is 5.97 Å². The molecule has 1 unspecified atom stereocenters. The summed E-state index contributed by atoms with van der Waals surface area (Å²) in [5.74, 6) is -0.238.